The summed E-state index contributed by atoms with van der Waals surface area (Å²) in [6.45, 7) is 5.83. The monoisotopic (exact) mass is 778 g/mol. The number of esters is 1. The lowest BCUT2D eigenvalue weighted by Crippen LogP contribution is -2.71. The normalized spacial score (nSPS) is 20.5. The van der Waals surface area contributed by atoms with Crippen molar-refractivity contribution < 1.29 is 53.3 Å². The van der Waals surface area contributed by atoms with Crippen LogP contribution >= 0.6 is 23.4 Å². The number of nitrogens with zero attached hydrogens (tertiary/aromatic N) is 4. The second kappa shape index (κ2) is 18.4. The quantitative estimate of drug-likeness (QED) is 0.0329. The summed E-state index contributed by atoms with van der Waals surface area (Å²) in [6.07, 6.45) is 4.78. The van der Waals surface area contributed by atoms with E-state index in [9.17, 15) is 39.3 Å². The summed E-state index contributed by atoms with van der Waals surface area (Å²) in [5.74, 6) is -4.62. The number of aromatic hydroxyl groups is 2. The number of β-lactam (4-membered cyclic amide) rings is 1. The van der Waals surface area contributed by atoms with Gasteiger partial charge in [0.15, 0.2) is 17.2 Å². The number of methoxy groups -OCH3 is 1. The molecule has 3 amide bonds. The fourth-order valence-electron chi connectivity index (χ4n) is 6.20. The van der Waals surface area contributed by atoms with Crippen molar-refractivity contribution >= 4 is 64.9 Å². The van der Waals surface area contributed by atoms with E-state index >= 15 is 0 Å². The molecule has 0 radical (unpaired) electrons. The Balaban J connectivity index is 1.53. The van der Waals surface area contributed by atoms with E-state index < -0.39 is 58.7 Å². The number of carboxylic acid groups (broad SMARTS) is 1. The summed E-state index contributed by atoms with van der Waals surface area (Å²) in [5.41, 5.74) is 6.18. The molecule has 0 aromatic heterocycles. The third kappa shape index (κ3) is 9.48. The van der Waals surface area contributed by atoms with Crippen LogP contribution in [0, 0.1) is 0 Å². The van der Waals surface area contributed by atoms with E-state index in [4.69, 9.17) is 26.9 Å². The molecule has 1 aromatic carbocycles. The Kier molecular flexibility index (Phi) is 14.3. The highest BCUT2D eigenvalue weighted by atomic mass is 35.5. The van der Waals surface area contributed by atoms with Crippen LogP contribution in [0.25, 0.3) is 0 Å². The Morgan fingerprint density at radius 2 is 1.94 bits per heavy atom. The molecule has 4 rings (SSSR count). The van der Waals surface area contributed by atoms with Crippen molar-refractivity contribution in [1.82, 2.24) is 15.5 Å². The van der Waals surface area contributed by atoms with Crippen molar-refractivity contribution in [2.45, 2.75) is 57.1 Å². The molecule has 17 nitrogen and oxygen atoms in total. The average Bonchev–Trinajstić information content (AvgIpc) is 3.60. The van der Waals surface area contributed by atoms with Crippen LogP contribution in [0.2, 0.25) is 5.02 Å². The maximum Gasteiger partial charge on any atom is 0.355 e. The number of likely N-dealkylation sites (tertiary alicyclic amines) is 1. The number of carbonyl (C=O) groups is 5. The zero-order valence-corrected chi connectivity index (χ0v) is 31.2. The third-order valence-electron chi connectivity index (χ3n) is 9.03. The van der Waals surface area contributed by atoms with Crippen LogP contribution < -0.4 is 16.4 Å². The number of unbranched alkanes of at least 4 members (excludes halogenated alkanes) is 1. The first-order chi connectivity index (χ1) is 25.3. The molecule has 53 heavy (non-hydrogen) atoms. The number of phenols is 2. The van der Waals surface area contributed by atoms with Crippen LogP contribution in [0.1, 0.15) is 49.9 Å². The van der Waals surface area contributed by atoms with Gasteiger partial charge in [-0.2, -0.15) is 0 Å². The van der Waals surface area contributed by atoms with Crippen molar-refractivity contribution in [1.29, 1.82) is 0 Å². The van der Waals surface area contributed by atoms with Gasteiger partial charge in [0.2, 0.25) is 6.10 Å². The Bertz CT molecular complexity index is 1730. The number of phenolic OH excluding ortho intramolecular Hbond substituents is 2. The molecule has 1 aromatic rings. The first-order valence-electron chi connectivity index (χ1n) is 17.1. The summed E-state index contributed by atoms with van der Waals surface area (Å²) >= 11 is 7.43. The molecule has 3 unspecified atom stereocenters. The number of thioether (sulfide) groups is 1. The highest BCUT2D eigenvalue weighted by molar-refractivity contribution is 8.00. The van der Waals surface area contributed by atoms with Gasteiger partial charge in [-0.15, -0.1) is 11.8 Å². The van der Waals surface area contributed by atoms with Crippen LogP contribution in [0.15, 0.2) is 45.3 Å². The standard InChI is InChI=1S/C34H44ClN7O10S/c1-4-5-12-37-22(10-11-36)25(40-52-19(2)33(48)49)30(46)39-26-31(47)41-27(34(50)51-3)20(18-53-32(26)41)17-42(14-6-7-15-42)16-13-38-29(45)21-8-9-23(43)28(44)24(21)35/h8-10,12,19,26,32H,4-7,11,13-18,36H2,1-3H3,(H4-,38,39,40,43,44,45,46,48,49)/p+1/b22-10-,37-12?. The zero-order chi connectivity index (χ0) is 38.9. The summed E-state index contributed by atoms with van der Waals surface area (Å²) in [5, 5.41) is 37.2. The summed E-state index contributed by atoms with van der Waals surface area (Å²) < 4.78 is 5.65. The van der Waals surface area contributed by atoms with E-state index in [1.54, 1.807) is 6.21 Å². The molecule has 7 N–H and O–H groups in total. The maximum atomic E-state index is 13.7. The van der Waals surface area contributed by atoms with Crippen molar-refractivity contribution in [2.75, 3.05) is 52.1 Å². The number of oxime groups is 1. The Morgan fingerprint density at radius 3 is 2.58 bits per heavy atom. The van der Waals surface area contributed by atoms with Gasteiger partial charge in [-0.3, -0.25) is 24.3 Å². The lowest BCUT2D eigenvalue weighted by molar-refractivity contribution is -0.911. The molecular weight excluding hydrogens is 734 g/mol. The molecule has 19 heteroatoms. The van der Waals surface area contributed by atoms with Gasteiger partial charge in [0.1, 0.15) is 23.7 Å². The molecular formula is C34H45ClN7O10S+. The number of aliphatic carboxylic acids is 1. The minimum Gasteiger partial charge on any atom is -0.504 e. The smallest absolute Gasteiger partial charge is 0.355 e. The minimum atomic E-state index is -1.39. The van der Waals surface area contributed by atoms with Crippen molar-refractivity contribution in [3.05, 3.63) is 45.8 Å². The Hall–Kier alpha value is -4.65. The Labute approximate surface area is 315 Å². The number of benzene rings is 1. The molecule has 3 aliphatic rings. The minimum absolute atomic E-state index is 0.00914. The molecule has 0 aliphatic carbocycles. The highest BCUT2D eigenvalue weighted by Gasteiger charge is 2.55. The summed E-state index contributed by atoms with van der Waals surface area (Å²) in [4.78, 5) is 75.5. The Morgan fingerprint density at radius 1 is 1.23 bits per heavy atom. The highest BCUT2D eigenvalue weighted by Crippen LogP contribution is 2.42. The van der Waals surface area contributed by atoms with Crippen LogP contribution in [0.5, 0.6) is 11.5 Å². The number of carboxylic acids is 1. The predicted molar refractivity (Wildman–Crippen MR) is 196 cm³/mol. The van der Waals surface area contributed by atoms with Crippen LogP contribution in [0.4, 0.5) is 0 Å². The molecule has 3 atom stereocenters. The molecule has 0 saturated carbocycles. The number of nitrogens with two attached hydrogens (primary N) is 1. The molecule has 2 saturated heterocycles. The largest absolute Gasteiger partial charge is 0.504 e. The van der Waals surface area contributed by atoms with Gasteiger partial charge in [-0.1, -0.05) is 30.1 Å². The van der Waals surface area contributed by atoms with Gasteiger partial charge in [-0.05, 0) is 31.6 Å². The molecule has 0 bridgehead atoms. The van der Waals surface area contributed by atoms with Gasteiger partial charge in [0.25, 0.3) is 17.7 Å². The molecule has 3 aliphatic heterocycles. The third-order valence-corrected chi connectivity index (χ3v) is 10.8. The van der Waals surface area contributed by atoms with E-state index in [-0.39, 0.29) is 40.8 Å². The van der Waals surface area contributed by atoms with E-state index in [2.05, 4.69) is 20.8 Å². The SMILES string of the molecule is CCCC=NC(=C\CN)/C(=N/OC(C)C(=O)O)C(=O)NC1C(=O)N2C(C(=O)OC)=C(C[N+]3(CCNC(=O)c4ccc(O)c(O)c4Cl)CCCC3)CSC12. The fraction of sp³-hybridized carbons (Fsp3) is 0.500. The van der Waals surface area contributed by atoms with E-state index in [1.807, 2.05) is 6.92 Å². The molecule has 3 heterocycles. The first-order valence-corrected chi connectivity index (χ1v) is 18.5. The second-order valence-electron chi connectivity index (χ2n) is 12.7. The predicted octanol–water partition coefficient (Wildman–Crippen LogP) is 1.48. The lowest BCUT2D eigenvalue weighted by Gasteiger charge is -2.50. The number of fused-ring (bicyclic) bond motifs is 1. The van der Waals surface area contributed by atoms with Crippen LogP contribution in [-0.4, -0.2) is 136 Å². The summed E-state index contributed by atoms with van der Waals surface area (Å²) in [7, 11) is 1.22. The van der Waals surface area contributed by atoms with Crippen molar-refractivity contribution in [3.8, 4) is 11.5 Å². The number of nitrogens with one attached hydrogen (secondary N) is 2. The second-order valence-corrected chi connectivity index (χ2v) is 14.2. The fourth-order valence-corrected chi connectivity index (χ4v) is 7.78. The van der Waals surface area contributed by atoms with Crippen molar-refractivity contribution in [2.24, 2.45) is 15.9 Å². The molecule has 0 spiro atoms. The number of carbonyl (C=O) groups excluding carboxylic acids is 4. The van der Waals surface area contributed by atoms with Gasteiger partial charge in [-0.25, -0.2) is 9.59 Å². The number of halogens is 1. The maximum absolute atomic E-state index is 13.7. The number of amides is 3. The number of hydrogen-bond acceptors (Lipinski definition) is 13. The molecule has 2 fully saturated rings. The number of quaternary nitrogens is 1. The van der Waals surface area contributed by atoms with Crippen LogP contribution in [0.3, 0.4) is 0 Å². The number of rotatable bonds is 17. The number of hydrogen-bond donors (Lipinski definition) is 6. The average molecular weight is 779 g/mol. The van der Waals surface area contributed by atoms with Gasteiger partial charge >= 0.3 is 11.9 Å². The van der Waals surface area contributed by atoms with Gasteiger partial charge in [0.05, 0.1) is 49.6 Å². The van der Waals surface area contributed by atoms with Crippen LogP contribution in [-0.2, 0) is 28.8 Å². The van der Waals surface area contributed by atoms with Gasteiger partial charge < -0.3 is 45.7 Å². The zero-order valence-electron chi connectivity index (χ0n) is 29.7. The number of ether oxygens (including phenoxy) is 1. The lowest BCUT2D eigenvalue weighted by atomic mass is 10.0. The molecule has 288 valence electrons. The number of aliphatic imine (C=N–C) groups is 1. The van der Waals surface area contributed by atoms with Crippen molar-refractivity contribution in [3.63, 3.8) is 0 Å². The van der Waals surface area contributed by atoms with E-state index in [0.29, 0.717) is 35.3 Å². The van der Waals surface area contributed by atoms with E-state index in [1.165, 1.54) is 48.9 Å². The van der Waals surface area contributed by atoms with Gasteiger partial charge in [0, 0.05) is 36.9 Å². The summed E-state index contributed by atoms with van der Waals surface area (Å²) in [6, 6.07) is 1.43. The van der Waals surface area contributed by atoms with E-state index in [0.717, 1.165) is 32.4 Å². The first kappa shape index (κ1) is 41.1. The topological polar surface area (TPSA) is 243 Å².